The van der Waals surface area contributed by atoms with Crippen LogP contribution < -0.4 is 5.56 Å². The van der Waals surface area contributed by atoms with Crippen LogP contribution in [-0.2, 0) is 11.3 Å². The maximum Gasteiger partial charge on any atom is 0.265 e. The van der Waals surface area contributed by atoms with Gasteiger partial charge in [0.1, 0.15) is 10.3 Å². The van der Waals surface area contributed by atoms with Gasteiger partial charge in [0.25, 0.3) is 5.56 Å². The van der Waals surface area contributed by atoms with E-state index in [1.165, 1.54) is 0 Å². The topological polar surface area (TPSA) is 55.0 Å². The van der Waals surface area contributed by atoms with Crippen LogP contribution in [0.4, 0.5) is 0 Å². The maximum atomic E-state index is 11.9. The van der Waals surface area contributed by atoms with Crippen LogP contribution in [0.25, 0.3) is 11.4 Å². The van der Waals surface area contributed by atoms with Crippen LogP contribution in [0.1, 0.15) is 31.0 Å². The molecule has 5 heteroatoms. The van der Waals surface area contributed by atoms with Crippen LogP contribution in [0.3, 0.4) is 0 Å². The van der Waals surface area contributed by atoms with E-state index in [-0.39, 0.29) is 11.5 Å². The monoisotopic (exact) mass is 336 g/mol. The normalized spacial score (nSPS) is 11.1. The number of rotatable bonds is 4. The molecule has 1 N–H and O–H groups in total. The lowest BCUT2D eigenvalue weighted by Crippen LogP contribution is -2.14. The second kappa shape index (κ2) is 6.33. The highest BCUT2D eigenvalue weighted by molar-refractivity contribution is 9.10. The summed E-state index contributed by atoms with van der Waals surface area (Å²) in [5, 5.41) is 0. The molecule has 1 heterocycles. The molecule has 0 radical (unpaired) electrons. The molecular formula is C15H17BrN2O2. The second-order valence-electron chi connectivity index (χ2n) is 4.90. The Balaban J connectivity index is 2.44. The molecule has 1 aromatic carbocycles. The lowest BCUT2D eigenvalue weighted by atomic mass is 10.1. The fraction of sp³-hybridized carbons (Fsp3) is 0.333. The van der Waals surface area contributed by atoms with Gasteiger partial charge in [0.2, 0.25) is 0 Å². The first-order chi connectivity index (χ1) is 9.52. The van der Waals surface area contributed by atoms with Crippen molar-refractivity contribution < 1.29 is 4.74 Å². The van der Waals surface area contributed by atoms with Gasteiger partial charge in [-0.15, -0.1) is 0 Å². The van der Waals surface area contributed by atoms with Gasteiger partial charge in [-0.1, -0.05) is 38.1 Å². The van der Waals surface area contributed by atoms with E-state index < -0.39 is 0 Å². The summed E-state index contributed by atoms with van der Waals surface area (Å²) < 4.78 is 5.59. The van der Waals surface area contributed by atoms with Crippen molar-refractivity contribution in [1.29, 1.82) is 0 Å². The maximum absolute atomic E-state index is 11.9. The van der Waals surface area contributed by atoms with Crippen LogP contribution in [0.15, 0.2) is 33.5 Å². The Morgan fingerprint density at radius 2 is 1.95 bits per heavy atom. The molecule has 2 aromatic rings. The zero-order chi connectivity index (χ0) is 14.7. The minimum absolute atomic E-state index is 0.153. The van der Waals surface area contributed by atoms with E-state index in [0.29, 0.717) is 16.9 Å². The molecule has 0 amide bonds. The number of aromatic amines is 1. The molecule has 1 aromatic heterocycles. The number of benzene rings is 1. The SMILES string of the molecule is COCc1ccc(-c2nc(C(C)C)c(Br)c(=O)[nH]2)cc1. The van der Waals surface area contributed by atoms with E-state index in [1.54, 1.807) is 7.11 Å². The van der Waals surface area contributed by atoms with E-state index in [9.17, 15) is 4.79 Å². The Morgan fingerprint density at radius 1 is 1.30 bits per heavy atom. The van der Waals surface area contributed by atoms with Gasteiger partial charge in [-0.3, -0.25) is 4.79 Å². The number of ether oxygens (including phenoxy) is 1. The highest BCUT2D eigenvalue weighted by atomic mass is 79.9. The fourth-order valence-electron chi connectivity index (χ4n) is 1.92. The van der Waals surface area contributed by atoms with Gasteiger partial charge in [-0.2, -0.15) is 0 Å². The van der Waals surface area contributed by atoms with Crippen molar-refractivity contribution in [2.24, 2.45) is 0 Å². The molecule has 0 unspecified atom stereocenters. The number of H-pyrrole nitrogens is 1. The first-order valence-corrected chi connectivity index (χ1v) is 7.20. The summed E-state index contributed by atoms with van der Waals surface area (Å²) >= 11 is 3.30. The van der Waals surface area contributed by atoms with Gasteiger partial charge in [-0.25, -0.2) is 4.98 Å². The van der Waals surface area contributed by atoms with Crippen LogP contribution >= 0.6 is 15.9 Å². The number of nitrogens with zero attached hydrogens (tertiary/aromatic N) is 1. The van der Waals surface area contributed by atoms with Crippen molar-refractivity contribution in [3.8, 4) is 11.4 Å². The molecule has 0 aliphatic carbocycles. The van der Waals surface area contributed by atoms with Gasteiger partial charge in [0.05, 0.1) is 12.3 Å². The summed E-state index contributed by atoms with van der Waals surface area (Å²) in [6, 6.07) is 7.81. The summed E-state index contributed by atoms with van der Waals surface area (Å²) in [6.07, 6.45) is 0. The number of methoxy groups -OCH3 is 1. The van der Waals surface area contributed by atoms with E-state index >= 15 is 0 Å². The summed E-state index contributed by atoms with van der Waals surface area (Å²) in [4.78, 5) is 19.3. The molecule has 0 fully saturated rings. The van der Waals surface area contributed by atoms with Crippen molar-refractivity contribution >= 4 is 15.9 Å². The van der Waals surface area contributed by atoms with E-state index in [0.717, 1.165) is 16.8 Å². The van der Waals surface area contributed by atoms with Gasteiger partial charge in [0.15, 0.2) is 0 Å². The lowest BCUT2D eigenvalue weighted by molar-refractivity contribution is 0.185. The fourth-order valence-corrected chi connectivity index (χ4v) is 2.57. The zero-order valence-corrected chi connectivity index (χ0v) is 13.3. The first-order valence-electron chi connectivity index (χ1n) is 6.41. The number of halogens is 1. The molecule has 0 aliphatic rings. The Kier molecular flexibility index (Phi) is 4.73. The van der Waals surface area contributed by atoms with Gasteiger partial charge < -0.3 is 9.72 Å². The average Bonchev–Trinajstić information content (AvgIpc) is 2.42. The summed E-state index contributed by atoms with van der Waals surface area (Å²) in [5.74, 6) is 0.768. The van der Waals surface area contributed by atoms with Crippen LogP contribution in [0, 0.1) is 0 Å². The Bertz CT molecular complexity index is 648. The Labute approximate surface area is 126 Å². The molecule has 0 atom stereocenters. The molecule has 4 nitrogen and oxygen atoms in total. The molecule has 0 saturated carbocycles. The molecule has 2 rings (SSSR count). The van der Waals surface area contributed by atoms with E-state index in [2.05, 4.69) is 25.9 Å². The molecule has 0 saturated heterocycles. The minimum Gasteiger partial charge on any atom is -0.380 e. The Hall–Kier alpha value is -1.46. The van der Waals surface area contributed by atoms with Gasteiger partial charge in [-0.05, 0) is 27.4 Å². The Morgan fingerprint density at radius 3 is 2.50 bits per heavy atom. The predicted octanol–water partition coefficient (Wildman–Crippen LogP) is 3.47. The summed E-state index contributed by atoms with van der Waals surface area (Å²) in [5.41, 5.74) is 2.58. The molecule has 0 aliphatic heterocycles. The molecule has 20 heavy (non-hydrogen) atoms. The highest BCUT2D eigenvalue weighted by Gasteiger charge is 2.13. The number of hydrogen-bond acceptors (Lipinski definition) is 3. The first kappa shape index (κ1) is 14.9. The van der Waals surface area contributed by atoms with Crippen molar-refractivity contribution in [2.45, 2.75) is 26.4 Å². The molecule has 0 bridgehead atoms. The lowest BCUT2D eigenvalue weighted by Gasteiger charge is -2.09. The third kappa shape index (κ3) is 3.16. The number of aromatic nitrogens is 2. The molecular weight excluding hydrogens is 320 g/mol. The van der Waals surface area contributed by atoms with E-state index in [4.69, 9.17) is 4.74 Å². The van der Waals surface area contributed by atoms with Gasteiger partial charge >= 0.3 is 0 Å². The quantitative estimate of drug-likeness (QED) is 0.929. The van der Waals surface area contributed by atoms with Crippen molar-refractivity contribution in [2.75, 3.05) is 7.11 Å². The van der Waals surface area contributed by atoms with Crippen LogP contribution in [0.2, 0.25) is 0 Å². The zero-order valence-electron chi connectivity index (χ0n) is 11.7. The standard InChI is InChI=1S/C15H17BrN2O2/c1-9(2)13-12(16)15(19)18-14(17-13)11-6-4-10(5-7-11)8-20-3/h4-7,9H,8H2,1-3H3,(H,17,18,19). The molecule has 106 valence electrons. The second-order valence-corrected chi connectivity index (χ2v) is 5.69. The van der Waals surface area contributed by atoms with Crippen molar-refractivity contribution in [1.82, 2.24) is 9.97 Å². The third-order valence-corrected chi connectivity index (χ3v) is 3.74. The summed E-state index contributed by atoms with van der Waals surface area (Å²) in [6.45, 7) is 4.60. The number of nitrogens with one attached hydrogen (secondary N) is 1. The number of hydrogen-bond donors (Lipinski definition) is 1. The van der Waals surface area contributed by atoms with E-state index in [1.807, 2.05) is 38.1 Å². The minimum atomic E-state index is -0.153. The van der Waals surface area contributed by atoms with Crippen molar-refractivity contribution in [3.05, 3.63) is 50.3 Å². The third-order valence-electron chi connectivity index (χ3n) is 2.97. The van der Waals surface area contributed by atoms with Crippen molar-refractivity contribution in [3.63, 3.8) is 0 Å². The largest absolute Gasteiger partial charge is 0.380 e. The highest BCUT2D eigenvalue weighted by Crippen LogP contribution is 2.22. The van der Waals surface area contributed by atoms with Crippen LogP contribution in [0.5, 0.6) is 0 Å². The predicted molar refractivity (Wildman–Crippen MR) is 82.8 cm³/mol. The molecule has 0 spiro atoms. The average molecular weight is 337 g/mol. The van der Waals surface area contributed by atoms with Gasteiger partial charge in [0, 0.05) is 12.7 Å². The van der Waals surface area contributed by atoms with Crippen LogP contribution in [-0.4, -0.2) is 17.1 Å². The smallest absolute Gasteiger partial charge is 0.265 e. The summed E-state index contributed by atoms with van der Waals surface area (Å²) in [7, 11) is 1.66.